The Morgan fingerprint density at radius 1 is 1.38 bits per heavy atom. The third kappa shape index (κ3) is 1.90. The molecule has 16 heavy (non-hydrogen) atoms. The monoisotopic (exact) mass is 236 g/mol. The Hall–Kier alpha value is -1.88. The summed E-state index contributed by atoms with van der Waals surface area (Å²) in [6.45, 7) is 0. The topological polar surface area (TPSA) is 73.9 Å². The van der Waals surface area contributed by atoms with E-state index in [1.807, 2.05) is 0 Å². The zero-order chi connectivity index (χ0) is 11.5. The van der Waals surface area contributed by atoms with Gasteiger partial charge in [-0.15, -0.1) is 10.2 Å². The summed E-state index contributed by atoms with van der Waals surface area (Å²) in [5.74, 6) is 0.911. The van der Waals surface area contributed by atoms with E-state index in [1.165, 1.54) is 6.33 Å². The summed E-state index contributed by atoms with van der Waals surface area (Å²) in [6, 6.07) is 5.18. The van der Waals surface area contributed by atoms with E-state index in [9.17, 15) is 0 Å². The predicted octanol–water partition coefficient (Wildman–Crippen LogP) is 1.78. The van der Waals surface area contributed by atoms with Crippen LogP contribution in [0.4, 0.5) is 5.82 Å². The van der Waals surface area contributed by atoms with Gasteiger partial charge in [-0.25, -0.2) is 4.98 Å². The maximum Gasteiger partial charge on any atom is 0.153 e. The molecule has 0 saturated carbocycles. The van der Waals surface area contributed by atoms with Crippen LogP contribution in [0.1, 0.15) is 0 Å². The normalized spacial score (nSPS) is 10.1. The predicted molar refractivity (Wildman–Crippen MR) is 61.2 cm³/mol. The van der Waals surface area contributed by atoms with Crippen molar-refractivity contribution in [3.05, 3.63) is 29.5 Å². The first-order valence-corrected chi connectivity index (χ1v) is 4.87. The van der Waals surface area contributed by atoms with Crippen LogP contribution in [0.2, 0.25) is 5.02 Å². The highest BCUT2D eigenvalue weighted by molar-refractivity contribution is 6.31. The van der Waals surface area contributed by atoms with Gasteiger partial charge in [0.25, 0.3) is 0 Å². The van der Waals surface area contributed by atoms with Crippen molar-refractivity contribution in [2.45, 2.75) is 0 Å². The second-order valence-corrected chi connectivity index (χ2v) is 3.47. The molecule has 0 aliphatic heterocycles. The highest BCUT2D eigenvalue weighted by atomic mass is 35.5. The summed E-state index contributed by atoms with van der Waals surface area (Å²) < 4.78 is 5.20. The summed E-state index contributed by atoms with van der Waals surface area (Å²) >= 11 is 5.91. The van der Waals surface area contributed by atoms with Gasteiger partial charge >= 0.3 is 0 Å². The van der Waals surface area contributed by atoms with Crippen LogP contribution >= 0.6 is 11.6 Å². The minimum absolute atomic E-state index is 0.288. The second-order valence-electron chi connectivity index (χ2n) is 3.04. The van der Waals surface area contributed by atoms with Gasteiger partial charge in [0, 0.05) is 10.6 Å². The van der Waals surface area contributed by atoms with Crippen LogP contribution in [-0.4, -0.2) is 22.3 Å². The first kappa shape index (κ1) is 10.6. The smallest absolute Gasteiger partial charge is 0.153 e. The van der Waals surface area contributed by atoms with Crippen molar-refractivity contribution in [3.8, 4) is 17.0 Å². The van der Waals surface area contributed by atoms with Gasteiger partial charge in [0.2, 0.25) is 0 Å². The van der Waals surface area contributed by atoms with Gasteiger partial charge in [0.05, 0.1) is 7.11 Å². The van der Waals surface area contributed by atoms with E-state index < -0.39 is 0 Å². The minimum Gasteiger partial charge on any atom is -0.496 e. The molecule has 2 N–H and O–H groups in total. The van der Waals surface area contributed by atoms with Gasteiger partial charge in [-0.05, 0) is 18.2 Å². The summed E-state index contributed by atoms with van der Waals surface area (Å²) in [6.07, 6.45) is 1.29. The molecule has 0 aliphatic rings. The van der Waals surface area contributed by atoms with Gasteiger partial charge in [-0.1, -0.05) is 11.6 Å². The Balaban J connectivity index is 2.63. The van der Waals surface area contributed by atoms with Gasteiger partial charge in [0.15, 0.2) is 5.82 Å². The Bertz CT molecular complexity index is 518. The lowest BCUT2D eigenvalue weighted by Gasteiger charge is -2.08. The summed E-state index contributed by atoms with van der Waals surface area (Å²) in [5.41, 5.74) is 6.85. The van der Waals surface area contributed by atoms with Crippen LogP contribution in [-0.2, 0) is 0 Å². The zero-order valence-electron chi connectivity index (χ0n) is 8.51. The largest absolute Gasteiger partial charge is 0.496 e. The molecular formula is C10H9ClN4O. The number of benzene rings is 1. The average Bonchev–Trinajstić information content (AvgIpc) is 2.29. The van der Waals surface area contributed by atoms with Gasteiger partial charge in [-0.3, -0.25) is 0 Å². The maximum absolute atomic E-state index is 5.91. The lowest BCUT2D eigenvalue weighted by molar-refractivity contribution is 0.416. The summed E-state index contributed by atoms with van der Waals surface area (Å²) in [7, 11) is 1.56. The fourth-order valence-corrected chi connectivity index (χ4v) is 1.51. The van der Waals surface area contributed by atoms with Crippen molar-refractivity contribution < 1.29 is 4.74 Å². The Kier molecular flexibility index (Phi) is 2.87. The summed E-state index contributed by atoms with van der Waals surface area (Å²) in [5, 5.41) is 8.18. The molecule has 6 heteroatoms. The lowest BCUT2D eigenvalue weighted by Crippen LogP contribution is -1.99. The number of anilines is 1. The summed E-state index contributed by atoms with van der Waals surface area (Å²) in [4.78, 5) is 3.87. The Morgan fingerprint density at radius 3 is 2.88 bits per heavy atom. The maximum atomic E-state index is 5.91. The highest BCUT2D eigenvalue weighted by Crippen LogP contribution is 2.32. The van der Waals surface area contributed by atoms with Gasteiger partial charge < -0.3 is 10.5 Å². The van der Waals surface area contributed by atoms with Crippen LogP contribution in [0.15, 0.2) is 24.5 Å². The fraction of sp³-hybridized carbons (Fsp3) is 0.100. The quantitative estimate of drug-likeness (QED) is 0.860. The molecule has 1 aromatic carbocycles. The molecule has 0 saturated heterocycles. The molecule has 1 heterocycles. The molecule has 5 nitrogen and oxygen atoms in total. The lowest BCUT2D eigenvalue weighted by atomic mass is 10.1. The number of aromatic nitrogens is 3. The molecule has 82 valence electrons. The highest BCUT2D eigenvalue weighted by Gasteiger charge is 2.12. The van der Waals surface area contributed by atoms with Crippen molar-refractivity contribution in [3.63, 3.8) is 0 Å². The Morgan fingerprint density at radius 2 is 2.19 bits per heavy atom. The van der Waals surface area contributed by atoms with E-state index in [4.69, 9.17) is 22.1 Å². The van der Waals surface area contributed by atoms with E-state index in [1.54, 1.807) is 25.3 Å². The first-order chi connectivity index (χ1) is 7.72. The molecule has 0 radical (unpaired) electrons. The third-order valence-corrected chi connectivity index (χ3v) is 2.30. The van der Waals surface area contributed by atoms with Crippen molar-refractivity contribution in [1.82, 2.24) is 15.2 Å². The van der Waals surface area contributed by atoms with Crippen molar-refractivity contribution in [2.24, 2.45) is 0 Å². The van der Waals surface area contributed by atoms with Crippen molar-refractivity contribution in [2.75, 3.05) is 12.8 Å². The van der Waals surface area contributed by atoms with E-state index in [-0.39, 0.29) is 5.82 Å². The minimum atomic E-state index is 0.288. The number of nitrogens with two attached hydrogens (primary N) is 1. The molecule has 0 atom stereocenters. The number of ether oxygens (including phenoxy) is 1. The van der Waals surface area contributed by atoms with E-state index in [0.717, 1.165) is 0 Å². The standard InChI is InChI=1S/C10H9ClN4O/c1-16-8-3-2-6(11)4-7(8)9-10(12)13-5-14-15-9/h2-5H,1H3,(H2,12,13,14). The van der Waals surface area contributed by atoms with E-state index >= 15 is 0 Å². The number of halogens is 1. The second kappa shape index (κ2) is 4.32. The van der Waals surface area contributed by atoms with Gasteiger partial charge in [-0.2, -0.15) is 0 Å². The number of methoxy groups -OCH3 is 1. The molecule has 2 rings (SSSR count). The number of hydrogen-bond donors (Lipinski definition) is 1. The number of nitrogens with zero attached hydrogens (tertiary/aromatic N) is 3. The fourth-order valence-electron chi connectivity index (χ4n) is 1.34. The molecule has 0 amide bonds. The van der Waals surface area contributed by atoms with Crippen molar-refractivity contribution in [1.29, 1.82) is 0 Å². The first-order valence-electron chi connectivity index (χ1n) is 4.49. The van der Waals surface area contributed by atoms with Crippen LogP contribution in [0.3, 0.4) is 0 Å². The Labute approximate surface area is 97.2 Å². The van der Waals surface area contributed by atoms with Crippen molar-refractivity contribution >= 4 is 17.4 Å². The van der Waals surface area contributed by atoms with Crippen LogP contribution in [0.5, 0.6) is 5.75 Å². The molecule has 1 aromatic heterocycles. The van der Waals surface area contributed by atoms with E-state index in [2.05, 4.69) is 15.2 Å². The number of rotatable bonds is 2. The molecule has 0 spiro atoms. The van der Waals surface area contributed by atoms with Gasteiger partial charge in [0.1, 0.15) is 17.8 Å². The molecular weight excluding hydrogens is 228 g/mol. The van der Waals surface area contributed by atoms with Crippen LogP contribution in [0, 0.1) is 0 Å². The van der Waals surface area contributed by atoms with Crippen LogP contribution < -0.4 is 10.5 Å². The average molecular weight is 237 g/mol. The molecule has 0 fully saturated rings. The zero-order valence-corrected chi connectivity index (χ0v) is 9.27. The number of hydrogen-bond acceptors (Lipinski definition) is 5. The van der Waals surface area contributed by atoms with Crippen LogP contribution in [0.25, 0.3) is 11.3 Å². The third-order valence-electron chi connectivity index (χ3n) is 2.07. The molecule has 0 unspecified atom stereocenters. The van der Waals surface area contributed by atoms with E-state index in [0.29, 0.717) is 22.0 Å². The molecule has 2 aromatic rings. The molecule has 0 bridgehead atoms. The SMILES string of the molecule is COc1ccc(Cl)cc1-c1nncnc1N. The number of nitrogen functional groups attached to an aromatic ring is 1. The molecule has 0 aliphatic carbocycles.